The van der Waals surface area contributed by atoms with Gasteiger partial charge in [0, 0.05) is 23.8 Å². The molecule has 2 heterocycles. The summed E-state index contributed by atoms with van der Waals surface area (Å²) in [4.78, 5) is 14.0. The summed E-state index contributed by atoms with van der Waals surface area (Å²) in [6.45, 7) is 1.96. The molecule has 88 valence electrons. The summed E-state index contributed by atoms with van der Waals surface area (Å²) in [5.74, 6) is 0.0937. The molecule has 1 fully saturated rings. The first-order valence-corrected chi connectivity index (χ1v) is 7.71. The highest BCUT2D eigenvalue weighted by Gasteiger charge is 2.24. The van der Waals surface area contributed by atoms with E-state index >= 15 is 0 Å². The molecule has 1 amide bonds. The van der Waals surface area contributed by atoms with Gasteiger partial charge in [0.15, 0.2) is 0 Å². The number of thiophene rings is 1. The highest BCUT2D eigenvalue weighted by atomic mass is 79.9. The number of ether oxygens (including phenoxy) is 1. The zero-order valence-electron chi connectivity index (χ0n) is 8.49. The lowest BCUT2D eigenvalue weighted by molar-refractivity contribution is -0.00962. The van der Waals surface area contributed by atoms with E-state index in [-0.39, 0.29) is 12.0 Å². The molecule has 1 aliphatic heterocycles. The van der Waals surface area contributed by atoms with Gasteiger partial charge in [0.1, 0.15) is 0 Å². The molecule has 1 aliphatic rings. The standard InChI is InChI=1S/C10H11Br2NO2S/c11-4-8-5-13(1-2-15-8)10(14)7-3-9(12)16-6-7/h3,6,8H,1-2,4-5H2. The number of carbonyl (C=O) groups is 1. The number of amides is 1. The third kappa shape index (κ3) is 2.85. The number of hydrogen-bond acceptors (Lipinski definition) is 3. The topological polar surface area (TPSA) is 29.5 Å². The average Bonchev–Trinajstić information content (AvgIpc) is 2.75. The Hall–Kier alpha value is 0.0900. The molecule has 0 aliphatic carbocycles. The summed E-state index contributed by atoms with van der Waals surface area (Å²) in [5.41, 5.74) is 0.757. The van der Waals surface area contributed by atoms with Crippen molar-refractivity contribution in [2.45, 2.75) is 6.10 Å². The number of halogens is 2. The van der Waals surface area contributed by atoms with Gasteiger partial charge in [-0.1, -0.05) is 15.9 Å². The molecule has 1 aromatic heterocycles. The molecule has 1 atom stereocenters. The molecular weight excluding hydrogens is 358 g/mol. The molecular formula is C10H11Br2NO2S. The van der Waals surface area contributed by atoms with E-state index < -0.39 is 0 Å². The number of hydrogen-bond donors (Lipinski definition) is 0. The number of alkyl halides is 1. The lowest BCUT2D eigenvalue weighted by Gasteiger charge is -2.31. The fraction of sp³-hybridized carbons (Fsp3) is 0.500. The van der Waals surface area contributed by atoms with Crippen LogP contribution < -0.4 is 0 Å². The summed E-state index contributed by atoms with van der Waals surface area (Å²) in [6, 6.07) is 1.87. The largest absolute Gasteiger partial charge is 0.374 e. The van der Waals surface area contributed by atoms with Crippen molar-refractivity contribution in [3.05, 3.63) is 20.8 Å². The average molecular weight is 369 g/mol. The summed E-state index contributed by atoms with van der Waals surface area (Å²) in [6.07, 6.45) is 0.111. The van der Waals surface area contributed by atoms with E-state index in [4.69, 9.17) is 4.74 Å². The van der Waals surface area contributed by atoms with Gasteiger partial charge in [-0.15, -0.1) is 11.3 Å². The second-order valence-electron chi connectivity index (χ2n) is 3.54. The fourth-order valence-electron chi connectivity index (χ4n) is 1.60. The summed E-state index contributed by atoms with van der Waals surface area (Å²) in [7, 11) is 0. The summed E-state index contributed by atoms with van der Waals surface area (Å²) in [5, 5.41) is 2.65. The van der Waals surface area contributed by atoms with E-state index in [0.29, 0.717) is 19.7 Å². The van der Waals surface area contributed by atoms with Gasteiger partial charge in [0.2, 0.25) is 0 Å². The van der Waals surface area contributed by atoms with Crippen LogP contribution in [-0.2, 0) is 4.74 Å². The maximum Gasteiger partial charge on any atom is 0.254 e. The first-order chi connectivity index (χ1) is 7.70. The van der Waals surface area contributed by atoms with Crippen LogP contribution in [0, 0.1) is 0 Å². The van der Waals surface area contributed by atoms with Crippen LogP contribution in [0.1, 0.15) is 10.4 Å². The van der Waals surface area contributed by atoms with Gasteiger partial charge in [0.05, 0.1) is 22.1 Å². The smallest absolute Gasteiger partial charge is 0.254 e. The van der Waals surface area contributed by atoms with Gasteiger partial charge in [-0.2, -0.15) is 0 Å². The molecule has 1 aromatic rings. The number of rotatable bonds is 2. The zero-order chi connectivity index (χ0) is 11.5. The van der Waals surface area contributed by atoms with E-state index in [1.165, 1.54) is 11.3 Å². The van der Waals surface area contributed by atoms with Gasteiger partial charge < -0.3 is 9.64 Å². The Bertz CT molecular complexity index is 383. The molecule has 2 rings (SSSR count). The van der Waals surface area contributed by atoms with Crippen molar-refractivity contribution in [1.82, 2.24) is 4.90 Å². The Balaban J connectivity index is 2.04. The molecule has 6 heteroatoms. The Labute approximate surface area is 115 Å². The molecule has 0 spiro atoms. The molecule has 3 nitrogen and oxygen atoms in total. The van der Waals surface area contributed by atoms with Crippen molar-refractivity contribution in [1.29, 1.82) is 0 Å². The van der Waals surface area contributed by atoms with Gasteiger partial charge in [-0.3, -0.25) is 4.79 Å². The minimum Gasteiger partial charge on any atom is -0.374 e. The third-order valence-corrected chi connectivity index (χ3v) is 4.64. The van der Waals surface area contributed by atoms with Crippen molar-refractivity contribution < 1.29 is 9.53 Å². The van der Waals surface area contributed by atoms with E-state index in [2.05, 4.69) is 31.9 Å². The first-order valence-electron chi connectivity index (χ1n) is 4.91. The maximum atomic E-state index is 12.1. The predicted octanol–water partition coefficient (Wildman–Crippen LogP) is 2.75. The Kier molecular flexibility index (Phi) is 4.41. The molecule has 0 saturated carbocycles. The minimum atomic E-state index is 0.0937. The SMILES string of the molecule is O=C(c1csc(Br)c1)N1CCOC(CBr)C1. The number of carbonyl (C=O) groups excluding carboxylic acids is 1. The zero-order valence-corrected chi connectivity index (χ0v) is 12.5. The quantitative estimate of drug-likeness (QED) is 0.751. The second-order valence-corrected chi connectivity index (χ2v) is 6.48. The van der Waals surface area contributed by atoms with Crippen LogP contribution in [0.5, 0.6) is 0 Å². The molecule has 0 aromatic carbocycles. The van der Waals surface area contributed by atoms with Gasteiger partial charge in [0.25, 0.3) is 5.91 Å². The highest BCUT2D eigenvalue weighted by molar-refractivity contribution is 9.11. The fourth-order valence-corrected chi connectivity index (χ4v) is 3.12. The highest BCUT2D eigenvalue weighted by Crippen LogP contribution is 2.22. The molecule has 1 unspecified atom stereocenters. The van der Waals surface area contributed by atoms with Crippen LogP contribution in [0.3, 0.4) is 0 Å². The lowest BCUT2D eigenvalue weighted by Crippen LogP contribution is -2.46. The monoisotopic (exact) mass is 367 g/mol. The molecule has 1 saturated heterocycles. The van der Waals surface area contributed by atoms with Crippen LogP contribution >= 0.6 is 43.2 Å². The summed E-state index contributed by atoms with van der Waals surface area (Å²) >= 11 is 8.28. The van der Waals surface area contributed by atoms with Crippen LogP contribution in [-0.4, -0.2) is 41.9 Å². The van der Waals surface area contributed by atoms with E-state index in [1.807, 2.05) is 16.3 Å². The Morgan fingerprint density at radius 3 is 3.12 bits per heavy atom. The number of nitrogens with zero attached hydrogens (tertiary/aromatic N) is 1. The third-order valence-electron chi connectivity index (χ3n) is 2.41. The molecule has 0 N–H and O–H groups in total. The van der Waals surface area contributed by atoms with E-state index in [0.717, 1.165) is 14.7 Å². The summed E-state index contributed by atoms with van der Waals surface area (Å²) < 4.78 is 6.49. The Morgan fingerprint density at radius 1 is 1.69 bits per heavy atom. The molecule has 16 heavy (non-hydrogen) atoms. The number of morpholine rings is 1. The van der Waals surface area contributed by atoms with Gasteiger partial charge >= 0.3 is 0 Å². The van der Waals surface area contributed by atoms with Gasteiger partial charge in [-0.25, -0.2) is 0 Å². The van der Waals surface area contributed by atoms with Crippen LogP contribution in [0.15, 0.2) is 15.2 Å². The maximum absolute atomic E-state index is 12.1. The Morgan fingerprint density at radius 2 is 2.50 bits per heavy atom. The molecule has 0 radical (unpaired) electrons. The van der Waals surface area contributed by atoms with Crippen molar-refractivity contribution in [3.8, 4) is 0 Å². The predicted molar refractivity (Wildman–Crippen MR) is 71.5 cm³/mol. The van der Waals surface area contributed by atoms with Gasteiger partial charge in [-0.05, 0) is 22.0 Å². The van der Waals surface area contributed by atoms with Crippen molar-refractivity contribution >= 4 is 49.1 Å². The van der Waals surface area contributed by atoms with Crippen molar-refractivity contribution in [2.75, 3.05) is 25.0 Å². The van der Waals surface area contributed by atoms with Crippen molar-refractivity contribution in [2.24, 2.45) is 0 Å². The first kappa shape index (κ1) is 12.5. The van der Waals surface area contributed by atoms with Crippen LogP contribution in [0.2, 0.25) is 0 Å². The van der Waals surface area contributed by atoms with Crippen molar-refractivity contribution in [3.63, 3.8) is 0 Å². The normalized spacial score (nSPS) is 21.1. The van der Waals surface area contributed by atoms with Crippen LogP contribution in [0.4, 0.5) is 0 Å². The van der Waals surface area contributed by atoms with Crippen LogP contribution in [0.25, 0.3) is 0 Å². The lowest BCUT2D eigenvalue weighted by atomic mass is 10.2. The molecule has 0 bridgehead atoms. The second kappa shape index (κ2) is 5.62. The van der Waals surface area contributed by atoms with E-state index in [1.54, 1.807) is 0 Å². The van der Waals surface area contributed by atoms with E-state index in [9.17, 15) is 4.79 Å². The minimum absolute atomic E-state index is 0.0937.